The molecule has 0 spiro atoms. The summed E-state index contributed by atoms with van der Waals surface area (Å²) >= 11 is 0. The van der Waals surface area contributed by atoms with Crippen LogP contribution in [0, 0.1) is 12.8 Å². The SMILES string of the molecule is CCC1CC1NS(=O)(=O)c1cc(/C=C/C(=O)O)ccc1C. The molecule has 2 rings (SSSR count). The molecule has 2 N–H and O–H groups in total. The van der Waals surface area contributed by atoms with Gasteiger partial charge in [-0.2, -0.15) is 0 Å². The van der Waals surface area contributed by atoms with E-state index in [1.165, 1.54) is 12.1 Å². The number of aryl methyl sites for hydroxylation is 1. The molecule has 1 aliphatic carbocycles. The third-order valence-electron chi connectivity index (χ3n) is 3.67. The van der Waals surface area contributed by atoms with Crippen LogP contribution in [0.15, 0.2) is 29.2 Å². The van der Waals surface area contributed by atoms with Crippen LogP contribution in [0.4, 0.5) is 0 Å². The normalized spacial score (nSPS) is 21.6. The predicted molar refractivity (Wildman–Crippen MR) is 80.4 cm³/mol. The molecule has 0 aliphatic heterocycles. The molecule has 1 aliphatic rings. The van der Waals surface area contributed by atoms with E-state index in [0.29, 0.717) is 17.0 Å². The zero-order chi connectivity index (χ0) is 15.6. The Balaban J connectivity index is 2.25. The molecule has 0 saturated heterocycles. The van der Waals surface area contributed by atoms with E-state index in [1.54, 1.807) is 19.1 Å². The summed E-state index contributed by atoms with van der Waals surface area (Å²) in [5.74, 6) is -0.642. The van der Waals surface area contributed by atoms with Crippen molar-refractivity contribution < 1.29 is 18.3 Å². The van der Waals surface area contributed by atoms with Crippen LogP contribution in [-0.4, -0.2) is 25.5 Å². The van der Waals surface area contributed by atoms with Gasteiger partial charge < -0.3 is 5.11 Å². The molecular weight excluding hydrogens is 290 g/mol. The van der Waals surface area contributed by atoms with Crippen molar-refractivity contribution in [2.75, 3.05) is 0 Å². The lowest BCUT2D eigenvalue weighted by molar-refractivity contribution is -0.131. The van der Waals surface area contributed by atoms with Crippen LogP contribution < -0.4 is 4.72 Å². The Morgan fingerprint density at radius 2 is 2.19 bits per heavy atom. The van der Waals surface area contributed by atoms with Gasteiger partial charge in [-0.15, -0.1) is 0 Å². The van der Waals surface area contributed by atoms with Gasteiger partial charge in [-0.1, -0.05) is 25.5 Å². The molecule has 0 amide bonds. The molecule has 0 radical (unpaired) electrons. The van der Waals surface area contributed by atoms with Crippen molar-refractivity contribution in [1.29, 1.82) is 0 Å². The molecule has 1 aromatic carbocycles. The van der Waals surface area contributed by atoms with Crippen LogP contribution in [0.3, 0.4) is 0 Å². The van der Waals surface area contributed by atoms with Crippen LogP contribution in [0.5, 0.6) is 0 Å². The van der Waals surface area contributed by atoms with Gasteiger partial charge in [0, 0.05) is 12.1 Å². The monoisotopic (exact) mass is 309 g/mol. The smallest absolute Gasteiger partial charge is 0.328 e. The molecule has 1 fully saturated rings. The highest BCUT2D eigenvalue weighted by atomic mass is 32.2. The Kier molecular flexibility index (Phi) is 4.49. The topological polar surface area (TPSA) is 83.5 Å². The fourth-order valence-electron chi connectivity index (χ4n) is 2.28. The van der Waals surface area contributed by atoms with Crippen molar-refractivity contribution in [2.45, 2.75) is 37.6 Å². The lowest BCUT2D eigenvalue weighted by Gasteiger charge is -2.10. The Labute approximate surface area is 124 Å². The maximum Gasteiger partial charge on any atom is 0.328 e. The summed E-state index contributed by atoms with van der Waals surface area (Å²) in [6.45, 7) is 3.77. The number of benzene rings is 1. The van der Waals surface area contributed by atoms with Gasteiger partial charge in [-0.3, -0.25) is 0 Å². The molecule has 6 heteroatoms. The summed E-state index contributed by atoms with van der Waals surface area (Å²) in [5.41, 5.74) is 1.19. The van der Waals surface area contributed by atoms with Crippen molar-refractivity contribution >= 4 is 22.1 Å². The third-order valence-corrected chi connectivity index (χ3v) is 5.31. The average Bonchev–Trinajstić information content (AvgIpc) is 3.15. The number of aliphatic carboxylic acids is 1. The minimum absolute atomic E-state index is 0.0256. The van der Waals surface area contributed by atoms with Gasteiger partial charge in [0.1, 0.15) is 0 Å². The number of carbonyl (C=O) groups is 1. The Morgan fingerprint density at radius 1 is 1.48 bits per heavy atom. The number of hydrogen-bond donors (Lipinski definition) is 2. The van der Waals surface area contributed by atoms with Crippen molar-refractivity contribution in [3.8, 4) is 0 Å². The van der Waals surface area contributed by atoms with Gasteiger partial charge in [0.15, 0.2) is 0 Å². The van der Waals surface area contributed by atoms with E-state index < -0.39 is 16.0 Å². The molecule has 0 heterocycles. The summed E-state index contributed by atoms with van der Waals surface area (Å²) in [6.07, 6.45) is 4.22. The largest absolute Gasteiger partial charge is 0.478 e. The van der Waals surface area contributed by atoms with Gasteiger partial charge in [0.05, 0.1) is 4.90 Å². The zero-order valence-electron chi connectivity index (χ0n) is 12.0. The van der Waals surface area contributed by atoms with Gasteiger partial charge in [-0.05, 0) is 42.5 Å². The van der Waals surface area contributed by atoms with E-state index in [0.717, 1.165) is 18.9 Å². The van der Waals surface area contributed by atoms with Crippen LogP contribution in [0.1, 0.15) is 30.9 Å². The van der Waals surface area contributed by atoms with Crippen molar-refractivity contribution in [3.63, 3.8) is 0 Å². The molecule has 1 aromatic rings. The summed E-state index contributed by atoms with van der Waals surface area (Å²) in [4.78, 5) is 10.7. The van der Waals surface area contributed by atoms with E-state index in [1.807, 2.05) is 6.92 Å². The Bertz CT molecular complexity index is 679. The van der Waals surface area contributed by atoms with Gasteiger partial charge >= 0.3 is 5.97 Å². The van der Waals surface area contributed by atoms with E-state index in [4.69, 9.17) is 5.11 Å². The summed E-state index contributed by atoms with van der Waals surface area (Å²) in [6, 6.07) is 4.90. The standard InChI is InChI=1S/C15H19NO4S/c1-3-12-9-13(12)16-21(19,20)14-8-11(5-4-10(14)2)6-7-15(17)18/h4-8,12-13,16H,3,9H2,1-2H3,(H,17,18)/b7-6+. The lowest BCUT2D eigenvalue weighted by Crippen LogP contribution is -2.27. The summed E-state index contributed by atoms with van der Waals surface area (Å²) < 4.78 is 27.5. The zero-order valence-corrected chi connectivity index (χ0v) is 12.9. The minimum atomic E-state index is -3.56. The number of hydrogen-bond acceptors (Lipinski definition) is 3. The first-order valence-electron chi connectivity index (χ1n) is 6.87. The number of nitrogens with one attached hydrogen (secondary N) is 1. The van der Waals surface area contributed by atoms with E-state index >= 15 is 0 Å². The summed E-state index contributed by atoms with van der Waals surface area (Å²) in [5, 5.41) is 8.62. The second-order valence-corrected chi connectivity index (χ2v) is 7.01. The van der Waals surface area contributed by atoms with Gasteiger partial charge in [0.2, 0.25) is 10.0 Å². The number of carboxylic acid groups (broad SMARTS) is 1. The molecule has 21 heavy (non-hydrogen) atoms. The molecule has 2 atom stereocenters. The van der Waals surface area contributed by atoms with E-state index in [-0.39, 0.29) is 10.9 Å². The molecule has 2 unspecified atom stereocenters. The van der Waals surface area contributed by atoms with Crippen molar-refractivity contribution in [3.05, 3.63) is 35.4 Å². The third kappa shape index (κ3) is 3.92. The van der Waals surface area contributed by atoms with Gasteiger partial charge in [-0.25, -0.2) is 17.9 Å². The Morgan fingerprint density at radius 3 is 2.76 bits per heavy atom. The first kappa shape index (κ1) is 15.7. The molecule has 1 saturated carbocycles. The van der Waals surface area contributed by atoms with Crippen LogP contribution in [0.25, 0.3) is 6.08 Å². The highest BCUT2D eigenvalue weighted by Gasteiger charge is 2.38. The Hall–Kier alpha value is -1.66. The minimum Gasteiger partial charge on any atom is -0.478 e. The number of rotatable bonds is 6. The number of sulfonamides is 1. The lowest BCUT2D eigenvalue weighted by atomic mass is 10.1. The number of carboxylic acids is 1. The first-order valence-corrected chi connectivity index (χ1v) is 8.36. The van der Waals surface area contributed by atoms with E-state index in [2.05, 4.69) is 4.72 Å². The van der Waals surface area contributed by atoms with Gasteiger partial charge in [0.25, 0.3) is 0 Å². The van der Waals surface area contributed by atoms with Crippen LogP contribution in [-0.2, 0) is 14.8 Å². The first-order chi connectivity index (χ1) is 9.83. The van der Waals surface area contributed by atoms with Crippen molar-refractivity contribution in [1.82, 2.24) is 4.72 Å². The maximum atomic E-state index is 12.4. The molecule has 5 nitrogen and oxygen atoms in total. The molecule has 0 bridgehead atoms. The van der Waals surface area contributed by atoms with Crippen LogP contribution in [0.2, 0.25) is 0 Å². The van der Waals surface area contributed by atoms with Crippen molar-refractivity contribution in [2.24, 2.45) is 5.92 Å². The fourth-order valence-corrected chi connectivity index (χ4v) is 3.88. The maximum absolute atomic E-state index is 12.4. The molecule has 114 valence electrons. The second-order valence-electron chi connectivity index (χ2n) is 5.33. The fraction of sp³-hybridized carbons (Fsp3) is 0.400. The van der Waals surface area contributed by atoms with Crippen LogP contribution >= 0.6 is 0 Å². The second kappa shape index (κ2) is 5.99. The quantitative estimate of drug-likeness (QED) is 0.789. The molecule has 0 aromatic heterocycles. The summed E-state index contributed by atoms with van der Waals surface area (Å²) in [7, 11) is -3.56. The predicted octanol–water partition coefficient (Wildman–Crippen LogP) is 2.17. The average molecular weight is 309 g/mol. The molecular formula is C15H19NO4S. The van der Waals surface area contributed by atoms with E-state index in [9.17, 15) is 13.2 Å². The highest BCUT2D eigenvalue weighted by molar-refractivity contribution is 7.89. The highest BCUT2D eigenvalue weighted by Crippen LogP contribution is 2.34.